The van der Waals surface area contributed by atoms with Crippen molar-refractivity contribution in [2.24, 2.45) is 0 Å². The number of nitrogens with zero attached hydrogens (tertiary/aromatic N) is 5. The highest BCUT2D eigenvalue weighted by Crippen LogP contribution is 2.37. The molecule has 0 radical (unpaired) electrons. The molecule has 166 valence electrons. The van der Waals surface area contributed by atoms with Gasteiger partial charge in [-0.15, -0.1) is 0 Å². The minimum absolute atomic E-state index is 0.0336. The van der Waals surface area contributed by atoms with Crippen LogP contribution in [-0.4, -0.2) is 72.9 Å². The van der Waals surface area contributed by atoms with E-state index >= 15 is 0 Å². The van der Waals surface area contributed by atoms with Gasteiger partial charge in [0.25, 0.3) is 0 Å². The molecule has 0 atom stereocenters. The molecule has 12 nitrogen and oxygen atoms in total. The van der Waals surface area contributed by atoms with Crippen molar-refractivity contribution in [2.75, 3.05) is 57.2 Å². The number of carbonyl (C=O) groups excluding carboxylic acids is 1. The average molecular weight is 432 g/mol. The van der Waals surface area contributed by atoms with Crippen LogP contribution in [0.4, 0.5) is 27.8 Å². The normalized spacial score (nSPS) is 13.5. The van der Waals surface area contributed by atoms with Gasteiger partial charge in [-0.3, -0.25) is 10.1 Å². The molecule has 31 heavy (non-hydrogen) atoms. The Hall–Kier alpha value is -3.83. The van der Waals surface area contributed by atoms with Gasteiger partial charge in [-0.25, -0.2) is 14.8 Å². The summed E-state index contributed by atoms with van der Waals surface area (Å²) in [4.78, 5) is 34.8. The number of piperazine rings is 1. The lowest BCUT2D eigenvalue weighted by molar-refractivity contribution is -0.383. The van der Waals surface area contributed by atoms with Gasteiger partial charge in [0.1, 0.15) is 17.8 Å². The van der Waals surface area contributed by atoms with Crippen molar-refractivity contribution in [2.45, 2.75) is 6.92 Å². The van der Waals surface area contributed by atoms with Crippen molar-refractivity contribution in [3.63, 3.8) is 0 Å². The van der Waals surface area contributed by atoms with Crippen LogP contribution < -0.4 is 19.7 Å². The van der Waals surface area contributed by atoms with E-state index in [2.05, 4.69) is 15.3 Å². The second-order valence-corrected chi connectivity index (χ2v) is 6.52. The molecular weight excluding hydrogens is 408 g/mol. The Labute approximate surface area is 178 Å². The van der Waals surface area contributed by atoms with Crippen LogP contribution in [0.3, 0.4) is 0 Å². The summed E-state index contributed by atoms with van der Waals surface area (Å²) in [5.74, 6) is 1.24. The predicted molar refractivity (Wildman–Crippen MR) is 112 cm³/mol. The zero-order valence-corrected chi connectivity index (χ0v) is 17.5. The molecule has 1 aliphatic rings. The number of amides is 1. The van der Waals surface area contributed by atoms with E-state index in [9.17, 15) is 14.9 Å². The summed E-state index contributed by atoms with van der Waals surface area (Å²) in [7, 11) is 3.02. The lowest BCUT2D eigenvalue weighted by atomic mass is 10.2. The number of aromatic nitrogens is 2. The smallest absolute Gasteiger partial charge is 0.409 e. The molecule has 1 aliphatic heterocycles. The molecule has 1 aromatic heterocycles. The van der Waals surface area contributed by atoms with Gasteiger partial charge in [-0.2, -0.15) is 0 Å². The molecule has 0 unspecified atom stereocenters. The predicted octanol–water partition coefficient (Wildman–Crippen LogP) is 2.42. The van der Waals surface area contributed by atoms with E-state index in [0.717, 1.165) is 0 Å². The summed E-state index contributed by atoms with van der Waals surface area (Å²) < 4.78 is 15.5. The molecule has 0 spiro atoms. The number of benzene rings is 1. The Morgan fingerprint density at radius 1 is 1.19 bits per heavy atom. The summed E-state index contributed by atoms with van der Waals surface area (Å²) >= 11 is 0. The van der Waals surface area contributed by atoms with Crippen molar-refractivity contribution in [1.82, 2.24) is 14.9 Å². The maximum atomic E-state index is 11.9. The summed E-state index contributed by atoms with van der Waals surface area (Å²) in [5.41, 5.74) is 0.230. The van der Waals surface area contributed by atoms with Gasteiger partial charge in [-0.1, -0.05) is 0 Å². The van der Waals surface area contributed by atoms with Gasteiger partial charge in [0.05, 0.1) is 31.4 Å². The fraction of sp³-hybridized carbons (Fsp3) is 0.421. The van der Waals surface area contributed by atoms with Crippen LogP contribution in [-0.2, 0) is 4.74 Å². The van der Waals surface area contributed by atoms with Crippen molar-refractivity contribution in [3.05, 3.63) is 34.6 Å². The Morgan fingerprint density at radius 2 is 1.94 bits per heavy atom. The summed E-state index contributed by atoms with van der Waals surface area (Å²) in [6.45, 7) is 3.53. The Balaban J connectivity index is 1.86. The first kappa shape index (κ1) is 21.9. The quantitative estimate of drug-likeness (QED) is 0.514. The highest BCUT2D eigenvalue weighted by atomic mass is 16.6. The fourth-order valence-corrected chi connectivity index (χ4v) is 3.21. The number of hydrogen-bond acceptors (Lipinski definition) is 10. The monoisotopic (exact) mass is 432 g/mol. The number of rotatable bonds is 7. The van der Waals surface area contributed by atoms with E-state index < -0.39 is 11.0 Å². The molecule has 12 heteroatoms. The average Bonchev–Trinajstić information content (AvgIpc) is 2.79. The number of anilines is 3. The van der Waals surface area contributed by atoms with Gasteiger partial charge in [-0.05, 0) is 19.1 Å². The molecule has 1 amide bonds. The first-order valence-electron chi connectivity index (χ1n) is 9.63. The number of hydrogen-bond donors (Lipinski definition) is 1. The largest absolute Gasteiger partial charge is 0.497 e. The van der Waals surface area contributed by atoms with E-state index in [1.165, 1.54) is 20.5 Å². The zero-order chi connectivity index (χ0) is 22.4. The maximum absolute atomic E-state index is 11.9. The van der Waals surface area contributed by atoms with Gasteiger partial charge in [0, 0.05) is 32.2 Å². The topological polar surface area (TPSA) is 132 Å². The van der Waals surface area contributed by atoms with E-state index in [0.29, 0.717) is 50.0 Å². The van der Waals surface area contributed by atoms with Crippen molar-refractivity contribution < 1.29 is 23.9 Å². The molecule has 0 bridgehead atoms. The van der Waals surface area contributed by atoms with Crippen LogP contribution in [0.2, 0.25) is 0 Å². The van der Waals surface area contributed by atoms with E-state index in [-0.39, 0.29) is 17.3 Å². The van der Waals surface area contributed by atoms with E-state index in [4.69, 9.17) is 14.2 Å². The molecule has 1 fully saturated rings. The molecule has 1 aromatic carbocycles. The van der Waals surface area contributed by atoms with Crippen molar-refractivity contribution in [1.29, 1.82) is 0 Å². The van der Waals surface area contributed by atoms with Gasteiger partial charge >= 0.3 is 11.8 Å². The molecule has 0 saturated carbocycles. The maximum Gasteiger partial charge on any atom is 0.409 e. The first-order chi connectivity index (χ1) is 15.0. The fourth-order valence-electron chi connectivity index (χ4n) is 3.21. The minimum Gasteiger partial charge on any atom is -0.497 e. The van der Waals surface area contributed by atoms with Crippen LogP contribution in [0.25, 0.3) is 0 Å². The van der Waals surface area contributed by atoms with Crippen molar-refractivity contribution >= 4 is 29.1 Å². The lowest BCUT2D eigenvalue weighted by Gasteiger charge is -2.34. The van der Waals surface area contributed by atoms with E-state index in [1.807, 2.05) is 0 Å². The number of methoxy groups -OCH3 is 2. The summed E-state index contributed by atoms with van der Waals surface area (Å²) in [5, 5.41) is 14.9. The summed E-state index contributed by atoms with van der Waals surface area (Å²) in [6.07, 6.45) is 0.867. The SMILES string of the molecule is CCOC(=O)N1CCN(c2ncnc(Nc3ccc(OC)cc3OC)c2[N+](=O)[O-])CC1. The van der Waals surface area contributed by atoms with Crippen LogP contribution >= 0.6 is 0 Å². The molecule has 1 saturated heterocycles. The second-order valence-electron chi connectivity index (χ2n) is 6.52. The molecular formula is C19H24N6O6. The number of carbonyl (C=O) groups is 1. The third-order valence-corrected chi connectivity index (χ3v) is 4.75. The third-order valence-electron chi connectivity index (χ3n) is 4.75. The second kappa shape index (κ2) is 9.78. The number of nitro groups is 1. The summed E-state index contributed by atoms with van der Waals surface area (Å²) in [6, 6.07) is 5.04. The standard InChI is InChI=1S/C19H24N6O6/c1-4-31-19(26)24-9-7-23(8-10-24)18-16(25(27)28)17(20-12-21-18)22-14-6-5-13(29-2)11-15(14)30-3/h5-6,11-12H,4,7-10H2,1-3H3,(H,20,21,22). The molecule has 2 heterocycles. The van der Waals surface area contributed by atoms with Crippen LogP contribution in [0.1, 0.15) is 6.92 Å². The van der Waals surface area contributed by atoms with Gasteiger partial charge in [0.15, 0.2) is 0 Å². The highest BCUT2D eigenvalue weighted by molar-refractivity contribution is 5.77. The Kier molecular flexibility index (Phi) is 6.90. The molecule has 2 aromatic rings. The van der Waals surface area contributed by atoms with Crippen LogP contribution in [0, 0.1) is 10.1 Å². The van der Waals surface area contributed by atoms with E-state index in [1.54, 1.807) is 34.9 Å². The van der Waals surface area contributed by atoms with Gasteiger partial charge < -0.3 is 29.3 Å². The van der Waals surface area contributed by atoms with Crippen molar-refractivity contribution in [3.8, 4) is 11.5 Å². The molecule has 0 aliphatic carbocycles. The van der Waals surface area contributed by atoms with Crippen LogP contribution in [0.5, 0.6) is 11.5 Å². The Bertz CT molecular complexity index is 947. The Morgan fingerprint density at radius 3 is 2.55 bits per heavy atom. The minimum atomic E-state index is -0.522. The zero-order valence-electron chi connectivity index (χ0n) is 17.5. The lowest BCUT2D eigenvalue weighted by Crippen LogP contribution is -2.49. The molecule has 3 rings (SSSR count). The van der Waals surface area contributed by atoms with Gasteiger partial charge in [0.2, 0.25) is 11.6 Å². The number of ether oxygens (including phenoxy) is 3. The highest BCUT2D eigenvalue weighted by Gasteiger charge is 2.31. The molecule has 1 N–H and O–H groups in total. The van der Waals surface area contributed by atoms with Crippen LogP contribution in [0.15, 0.2) is 24.5 Å². The number of nitrogens with one attached hydrogen (secondary N) is 1. The third kappa shape index (κ3) is 4.85. The first-order valence-corrected chi connectivity index (χ1v) is 9.63.